The third-order valence-corrected chi connectivity index (χ3v) is 5.99. The lowest BCUT2D eigenvalue weighted by Gasteiger charge is -2.31. The van der Waals surface area contributed by atoms with Gasteiger partial charge in [-0.2, -0.15) is 4.31 Å². The fourth-order valence-corrected chi connectivity index (χ4v) is 3.75. The van der Waals surface area contributed by atoms with E-state index in [9.17, 15) is 23.3 Å². The Bertz CT molecular complexity index is 686. The molecule has 1 aromatic carbocycles. The maximum atomic E-state index is 12.7. The van der Waals surface area contributed by atoms with E-state index in [0.717, 1.165) is 16.4 Å². The van der Waals surface area contributed by atoms with Gasteiger partial charge in [-0.15, -0.1) is 0 Å². The Balaban J connectivity index is 3.16. The zero-order chi connectivity index (χ0) is 18.5. The average molecular weight is 358 g/mol. The van der Waals surface area contributed by atoms with Crippen LogP contribution in [0.2, 0.25) is 0 Å². The molecule has 0 heterocycles. The van der Waals surface area contributed by atoms with E-state index < -0.39 is 27.0 Å². The minimum Gasteiger partial charge on any atom is -0.469 e. The highest BCUT2D eigenvalue weighted by Gasteiger charge is 2.33. The smallest absolute Gasteiger partial charge is 0.307 e. The number of nitro groups is 1. The molecule has 0 bridgehead atoms. The van der Waals surface area contributed by atoms with Crippen LogP contribution < -0.4 is 0 Å². The lowest BCUT2D eigenvalue weighted by molar-refractivity contribution is -0.384. The first kappa shape index (κ1) is 20.0. The van der Waals surface area contributed by atoms with E-state index in [-0.39, 0.29) is 22.9 Å². The largest absolute Gasteiger partial charge is 0.469 e. The molecule has 0 amide bonds. The third kappa shape index (κ3) is 4.51. The summed E-state index contributed by atoms with van der Waals surface area (Å²) in [6.45, 7) is 3.76. The number of hydrogen-bond donors (Lipinski definition) is 0. The number of methoxy groups -OCH3 is 1. The summed E-state index contributed by atoms with van der Waals surface area (Å²) in [4.78, 5) is 21.6. The molecule has 0 saturated heterocycles. The highest BCUT2D eigenvalue weighted by molar-refractivity contribution is 7.89. The van der Waals surface area contributed by atoms with Gasteiger partial charge in [-0.3, -0.25) is 14.9 Å². The van der Waals surface area contributed by atoms with Crippen molar-refractivity contribution in [2.75, 3.05) is 14.2 Å². The monoisotopic (exact) mass is 358 g/mol. The van der Waals surface area contributed by atoms with Crippen molar-refractivity contribution in [2.24, 2.45) is 5.92 Å². The van der Waals surface area contributed by atoms with E-state index in [1.165, 1.54) is 26.3 Å². The second kappa shape index (κ2) is 8.20. The predicted molar refractivity (Wildman–Crippen MR) is 87.9 cm³/mol. The molecule has 2 atom stereocenters. The van der Waals surface area contributed by atoms with Crippen molar-refractivity contribution in [2.45, 2.75) is 37.6 Å². The molecule has 0 aromatic heterocycles. The van der Waals surface area contributed by atoms with Crippen LogP contribution >= 0.6 is 0 Å². The van der Waals surface area contributed by atoms with E-state index in [1.807, 2.05) is 13.8 Å². The molecule has 0 N–H and O–H groups in total. The Morgan fingerprint density at radius 3 is 2.29 bits per heavy atom. The van der Waals surface area contributed by atoms with Gasteiger partial charge in [0, 0.05) is 25.2 Å². The molecule has 0 unspecified atom stereocenters. The molecule has 1 rings (SSSR count). The van der Waals surface area contributed by atoms with Gasteiger partial charge in [0.1, 0.15) is 0 Å². The van der Waals surface area contributed by atoms with Gasteiger partial charge in [0.05, 0.1) is 23.3 Å². The molecule has 0 saturated carbocycles. The SMILES string of the molecule is CC[C@@H](C)[C@@H](CC(=O)OC)N(C)S(=O)(=O)c1ccc([N+](=O)[O-])cc1. The lowest BCUT2D eigenvalue weighted by Crippen LogP contribution is -2.42. The molecule has 0 aliphatic rings. The van der Waals surface area contributed by atoms with Crippen molar-refractivity contribution in [3.63, 3.8) is 0 Å². The van der Waals surface area contributed by atoms with E-state index >= 15 is 0 Å². The molecular weight excluding hydrogens is 336 g/mol. The minimum atomic E-state index is -3.89. The van der Waals surface area contributed by atoms with Crippen LogP contribution in [-0.2, 0) is 19.6 Å². The van der Waals surface area contributed by atoms with Crippen LogP contribution in [0, 0.1) is 16.0 Å². The van der Waals surface area contributed by atoms with Crippen molar-refractivity contribution in [3.8, 4) is 0 Å². The quantitative estimate of drug-likeness (QED) is 0.400. The molecule has 8 nitrogen and oxygen atoms in total. The Labute approximate surface area is 141 Å². The summed E-state index contributed by atoms with van der Waals surface area (Å²) in [6, 6.07) is 4.09. The number of nitro benzene ring substituents is 1. The van der Waals surface area contributed by atoms with Gasteiger partial charge in [-0.05, 0) is 18.1 Å². The first-order valence-electron chi connectivity index (χ1n) is 7.44. The van der Waals surface area contributed by atoms with Gasteiger partial charge in [0.15, 0.2) is 0 Å². The summed E-state index contributed by atoms with van der Waals surface area (Å²) in [5, 5.41) is 10.7. The summed E-state index contributed by atoms with van der Waals surface area (Å²) in [5.41, 5.74) is -0.190. The summed E-state index contributed by atoms with van der Waals surface area (Å²) >= 11 is 0. The van der Waals surface area contributed by atoms with E-state index in [2.05, 4.69) is 4.74 Å². The third-order valence-electron chi connectivity index (χ3n) is 4.10. The normalized spacial score (nSPS) is 14.2. The number of rotatable bonds is 8. The van der Waals surface area contributed by atoms with Crippen molar-refractivity contribution < 1.29 is 22.9 Å². The molecule has 0 fully saturated rings. The Morgan fingerprint density at radius 1 is 1.33 bits per heavy atom. The van der Waals surface area contributed by atoms with Crippen LogP contribution in [0.15, 0.2) is 29.2 Å². The maximum absolute atomic E-state index is 12.7. The molecular formula is C15H22N2O6S. The number of carbonyl (C=O) groups is 1. The Hall–Kier alpha value is -2.00. The number of benzene rings is 1. The van der Waals surface area contributed by atoms with Crippen molar-refractivity contribution in [3.05, 3.63) is 34.4 Å². The van der Waals surface area contributed by atoms with Gasteiger partial charge >= 0.3 is 5.97 Å². The van der Waals surface area contributed by atoms with Crippen LogP contribution in [0.25, 0.3) is 0 Å². The van der Waals surface area contributed by atoms with Crippen LogP contribution in [0.3, 0.4) is 0 Å². The van der Waals surface area contributed by atoms with Gasteiger partial charge in [0.25, 0.3) is 5.69 Å². The standard InChI is InChI=1S/C15H22N2O6S/c1-5-11(2)14(10-15(18)23-4)16(3)24(21,22)13-8-6-12(7-9-13)17(19)20/h6-9,11,14H,5,10H2,1-4H3/t11-,14-/m1/s1. The van der Waals surface area contributed by atoms with E-state index in [1.54, 1.807) is 0 Å². The van der Waals surface area contributed by atoms with Crippen molar-refractivity contribution >= 4 is 21.7 Å². The topological polar surface area (TPSA) is 107 Å². The Morgan fingerprint density at radius 2 is 1.88 bits per heavy atom. The molecule has 1 aromatic rings. The van der Waals surface area contributed by atoms with Crippen LogP contribution in [0.4, 0.5) is 5.69 Å². The molecule has 0 radical (unpaired) electrons. The molecule has 0 spiro atoms. The minimum absolute atomic E-state index is 0.0613. The zero-order valence-electron chi connectivity index (χ0n) is 14.1. The van der Waals surface area contributed by atoms with Gasteiger partial charge in [-0.1, -0.05) is 20.3 Å². The molecule has 24 heavy (non-hydrogen) atoms. The average Bonchev–Trinajstić information content (AvgIpc) is 2.57. The summed E-state index contributed by atoms with van der Waals surface area (Å²) < 4.78 is 31.3. The highest BCUT2D eigenvalue weighted by atomic mass is 32.2. The Kier molecular flexibility index (Phi) is 6.85. The highest BCUT2D eigenvalue weighted by Crippen LogP contribution is 2.25. The number of esters is 1. The molecule has 0 aliphatic carbocycles. The molecule has 9 heteroatoms. The number of hydrogen-bond acceptors (Lipinski definition) is 6. The van der Waals surface area contributed by atoms with Gasteiger partial charge in [-0.25, -0.2) is 8.42 Å². The van der Waals surface area contributed by atoms with Crippen LogP contribution in [0.5, 0.6) is 0 Å². The predicted octanol–water partition coefficient (Wildman–Crippen LogP) is 2.19. The number of nitrogens with zero attached hydrogens (tertiary/aromatic N) is 2. The van der Waals surface area contributed by atoms with E-state index in [4.69, 9.17) is 0 Å². The van der Waals surface area contributed by atoms with Crippen LogP contribution in [0.1, 0.15) is 26.7 Å². The maximum Gasteiger partial charge on any atom is 0.307 e. The first-order chi connectivity index (χ1) is 11.1. The van der Waals surface area contributed by atoms with Crippen molar-refractivity contribution in [1.82, 2.24) is 4.31 Å². The molecule has 134 valence electrons. The van der Waals surface area contributed by atoms with E-state index in [0.29, 0.717) is 6.42 Å². The fourth-order valence-electron chi connectivity index (χ4n) is 2.30. The van der Waals surface area contributed by atoms with Crippen molar-refractivity contribution in [1.29, 1.82) is 0 Å². The lowest BCUT2D eigenvalue weighted by atomic mass is 9.96. The summed E-state index contributed by atoms with van der Waals surface area (Å²) in [6.07, 6.45) is 0.621. The second-order valence-corrected chi connectivity index (χ2v) is 7.50. The fraction of sp³-hybridized carbons (Fsp3) is 0.533. The van der Waals surface area contributed by atoms with Gasteiger partial charge < -0.3 is 4.74 Å². The van der Waals surface area contributed by atoms with Gasteiger partial charge in [0.2, 0.25) is 10.0 Å². The summed E-state index contributed by atoms with van der Waals surface area (Å²) in [7, 11) is -1.24. The zero-order valence-corrected chi connectivity index (χ0v) is 14.9. The number of ether oxygens (including phenoxy) is 1. The number of non-ortho nitro benzene ring substituents is 1. The summed E-state index contributed by atoms with van der Waals surface area (Å²) in [5.74, 6) is -0.562. The molecule has 0 aliphatic heterocycles. The number of carbonyl (C=O) groups excluding carboxylic acids is 1. The first-order valence-corrected chi connectivity index (χ1v) is 8.88. The second-order valence-electron chi connectivity index (χ2n) is 5.51. The van der Waals surface area contributed by atoms with Crippen LogP contribution in [-0.4, -0.2) is 43.8 Å². The number of sulfonamides is 1.